The number of hydrogen-bond donors (Lipinski definition) is 1. The first kappa shape index (κ1) is 26.5. The third-order valence-electron chi connectivity index (χ3n) is 6.69. The molecule has 1 fully saturated rings. The van der Waals surface area contributed by atoms with E-state index in [0.717, 1.165) is 36.8 Å². The van der Waals surface area contributed by atoms with Gasteiger partial charge in [0.15, 0.2) is 0 Å². The molecular weight excluding hydrogens is 486 g/mol. The molecule has 1 saturated heterocycles. The maximum Gasteiger partial charge on any atom is 0.300 e. The van der Waals surface area contributed by atoms with Gasteiger partial charge in [-0.05, 0) is 73.2 Å². The van der Waals surface area contributed by atoms with E-state index in [1.807, 2.05) is 55.5 Å². The van der Waals surface area contributed by atoms with Crippen LogP contribution in [0.5, 0.6) is 5.75 Å². The molecule has 0 aliphatic carbocycles. The number of amides is 1. The Kier molecular flexibility index (Phi) is 8.34. The van der Waals surface area contributed by atoms with E-state index >= 15 is 0 Å². The summed E-state index contributed by atoms with van der Waals surface area (Å²) in [6.45, 7) is 6.50. The molecule has 0 radical (unpaired) electrons. The molecule has 192 valence electrons. The zero-order valence-corrected chi connectivity index (χ0v) is 22.2. The normalized spacial score (nSPS) is 16.9. The van der Waals surface area contributed by atoms with E-state index in [2.05, 4.69) is 13.8 Å². The van der Waals surface area contributed by atoms with Crippen LogP contribution in [-0.4, -0.2) is 23.4 Å². The van der Waals surface area contributed by atoms with Crippen LogP contribution >= 0.6 is 11.6 Å². The Hall–Kier alpha value is -3.57. The van der Waals surface area contributed by atoms with Crippen molar-refractivity contribution in [2.75, 3.05) is 11.5 Å². The lowest BCUT2D eigenvalue weighted by molar-refractivity contribution is -0.132. The summed E-state index contributed by atoms with van der Waals surface area (Å²) < 4.78 is 5.57. The highest BCUT2D eigenvalue weighted by Crippen LogP contribution is 2.43. The van der Waals surface area contributed by atoms with Crippen LogP contribution in [0.1, 0.15) is 61.9 Å². The number of unbranched alkanes of at least 4 members (excludes halogenated alkanes) is 1. The first-order chi connectivity index (χ1) is 17.9. The summed E-state index contributed by atoms with van der Waals surface area (Å²) in [5.41, 5.74) is 3.87. The number of Topliss-reactive ketones (excluding diaryl/α,β-unsaturated/α-hetero) is 1. The van der Waals surface area contributed by atoms with E-state index in [1.165, 1.54) is 10.5 Å². The fourth-order valence-electron chi connectivity index (χ4n) is 4.64. The van der Waals surface area contributed by atoms with Crippen molar-refractivity contribution in [1.29, 1.82) is 0 Å². The zero-order chi connectivity index (χ0) is 26.5. The van der Waals surface area contributed by atoms with Crippen molar-refractivity contribution in [3.05, 3.63) is 99.6 Å². The minimum Gasteiger partial charge on any atom is -0.507 e. The minimum atomic E-state index is -0.806. The largest absolute Gasteiger partial charge is 0.507 e. The summed E-state index contributed by atoms with van der Waals surface area (Å²) in [4.78, 5) is 28.4. The molecule has 0 spiro atoms. The molecule has 1 aliphatic rings. The van der Waals surface area contributed by atoms with Gasteiger partial charge >= 0.3 is 0 Å². The van der Waals surface area contributed by atoms with Gasteiger partial charge in [0.05, 0.1) is 23.2 Å². The van der Waals surface area contributed by atoms with Gasteiger partial charge in [-0.25, -0.2) is 0 Å². The molecule has 3 aromatic rings. The standard InChI is InChI=1S/C31H32ClNO4/c1-4-7-8-21-11-15-23(16-12-21)33-28(22-13-9-20(5-2)10-14-22)27(30(35)31(33)36)29(34)25-19-24(37-6-3)17-18-26(25)32/h9-19,28,34H,4-8H2,1-3H3/b29-27+. The number of halogens is 1. The van der Waals surface area contributed by atoms with Gasteiger partial charge in [0, 0.05) is 11.3 Å². The predicted molar refractivity (Wildman–Crippen MR) is 148 cm³/mol. The molecule has 1 unspecified atom stereocenters. The smallest absolute Gasteiger partial charge is 0.300 e. The van der Waals surface area contributed by atoms with E-state index in [1.54, 1.807) is 18.2 Å². The van der Waals surface area contributed by atoms with Crippen LogP contribution in [0.15, 0.2) is 72.3 Å². The number of ketones is 1. The van der Waals surface area contributed by atoms with Gasteiger partial charge in [-0.3, -0.25) is 14.5 Å². The van der Waals surface area contributed by atoms with Gasteiger partial charge in [-0.15, -0.1) is 0 Å². The lowest BCUT2D eigenvalue weighted by Crippen LogP contribution is -2.29. The van der Waals surface area contributed by atoms with Gasteiger partial charge in [0.25, 0.3) is 11.7 Å². The van der Waals surface area contributed by atoms with Crippen molar-refractivity contribution in [1.82, 2.24) is 0 Å². The van der Waals surface area contributed by atoms with Crippen molar-refractivity contribution in [2.45, 2.75) is 52.5 Å². The number of hydrogen-bond acceptors (Lipinski definition) is 4. The average Bonchev–Trinajstić information content (AvgIpc) is 3.18. The minimum absolute atomic E-state index is 0.000133. The van der Waals surface area contributed by atoms with Crippen LogP contribution in [0.2, 0.25) is 5.02 Å². The number of rotatable bonds is 9. The highest BCUT2D eigenvalue weighted by molar-refractivity contribution is 6.52. The Labute approximate surface area is 223 Å². The van der Waals surface area contributed by atoms with Crippen LogP contribution in [0, 0.1) is 0 Å². The van der Waals surface area contributed by atoms with Gasteiger partial charge in [0.2, 0.25) is 0 Å². The maximum atomic E-state index is 13.5. The Morgan fingerprint density at radius 2 is 1.62 bits per heavy atom. The van der Waals surface area contributed by atoms with Crippen molar-refractivity contribution in [2.24, 2.45) is 0 Å². The Bertz CT molecular complexity index is 1310. The molecule has 37 heavy (non-hydrogen) atoms. The molecule has 0 aromatic heterocycles. The molecule has 6 heteroatoms. The van der Waals surface area contributed by atoms with Crippen LogP contribution in [-0.2, 0) is 22.4 Å². The third kappa shape index (κ3) is 5.42. The summed E-state index contributed by atoms with van der Waals surface area (Å²) in [6, 6.07) is 19.6. The summed E-state index contributed by atoms with van der Waals surface area (Å²) in [7, 11) is 0. The summed E-state index contributed by atoms with van der Waals surface area (Å²) in [5.74, 6) is -1.26. The summed E-state index contributed by atoms with van der Waals surface area (Å²) in [6.07, 6.45) is 3.98. The molecule has 0 saturated carbocycles. The van der Waals surface area contributed by atoms with E-state index < -0.39 is 17.7 Å². The van der Waals surface area contributed by atoms with Crippen molar-refractivity contribution in [3.8, 4) is 5.75 Å². The van der Waals surface area contributed by atoms with E-state index in [0.29, 0.717) is 18.0 Å². The lowest BCUT2D eigenvalue weighted by Gasteiger charge is -2.26. The Morgan fingerprint density at radius 3 is 2.24 bits per heavy atom. The molecule has 1 aliphatic heterocycles. The number of aryl methyl sites for hydroxylation is 2. The van der Waals surface area contributed by atoms with Crippen LogP contribution in [0.25, 0.3) is 5.76 Å². The summed E-state index contributed by atoms with van der Waals surface area (Å²) >= 11 is 6.44. The first-order valence-electron chi connectivity index (χ1n) is 12.8. The van der Waals surface area contributed by atoms with Crippen LogP contribution in [0.3, 0.4) is 0 Å². The fraction of sp³-hybridized carbons (Fsp3) is 0.290. The SMILES string of the molecule is CCCCc1ccc(N2C(=O)C(=O)/C(=C(/O)c3cc(OCC)ccc3Cl)C2c2ccc(CC)cc2)cc1. The van der Waals surface area contributed by atoms with Crippen molar-refractivity contribution < 1.29 is 19.4 Å². The fourth-order valence-corrected chi connectivity index (χ4v) is 4.85. The third-order valence-corrected chi connectivity index (χ3v) is 7.02. The van der Waals surface area contributed by atoms with Gasteiger partial charge in [0.1, 0.15) is 11.5 Å². The second-order valence-electron chi connectivity index (χ2n) is 9.11. The lowest BCUT2D eigenvalue weighted by atomic mass is 9.94. The van der Waals surface area contributed by atoms with Gasteiger partial charge in [-0.2, -0.15) is 0 Å². The van der Waals surface area contributed by atoms with Crippen LogP contribution < -0.4 is 9.64 Å². The Balaban J connectivity index is 1.87. The molecule has 3 aromatic carbocycles. The van der Waals surface area contributed by atoms with Gasteiger partial charge < -0.3 is 9.84 Å². The second kappa shape index (κ2) is 11.7. The molecule has 1 atom stereocenters. The molecule has 0 bridgehead atoms. The molecular formula is C31H32ClNO4. The topological polar surface area (TPSA) is 66.8 Å². The second-order valence-corrected chi connectivity index (χ2v) is 9.52. The number of aliphatic hydroxyl groups is 1. The van der Waals surface area contributed by atoms with E-state index in [4.69, 9.17) is 16.3 Å². The zero-order valence-electron chi connectivity index (χ0n) is 21.5. The quantitative estimate of drug-likeness (QED) is 0.184. The number of carbonyl (C=O) groups excluding carboxylic acids is 2. The molecule has 1 amide bonds. The number of carbonyl (C=O) groups is 2. The first-order valence-corrected chi connectivity index (χ1v) is 13.2. The number of aliphatic hydroxyl groups excluding tert-OH is 1. The van der Waals surface area contributed by atoms with E-state index in [-0.39, 0.29) is 21.9 Å². The summed E-state index contributed by atoms with van der Waals surface area (Å²) in [5, 5.41) is 11.7. The number of ether oxygens (including phenoxy) is 1. The highest BCUT2D eigenvalue weighted by Gasteiger charge is 2.47. The number of nitrogens with zero attached hydrogens (tertiary/aromatic N) is 1. The molecule has 1 N–H and O–H groups in total. The maximum absolute atomic E-state index is 13.5. The monoisotopic (exact) mass is 517 g/mol. The molecule has 4 rings (SSSR count). The molecule has 5 nitrogen and oxygen atoms in total. The van der Waals surface area contributed by atoms with Crippen molar-refractivity contribution in [3.63, 3.8) is 0 Å². The average molecular weight is 518 g/mol. The Morgan fingerprint density at radius 1 is 0.946 bits per heavy atom. The number of anilines is 1. The highest BCUT2D eigenvalue weighted by atomic mass is 35.5. The van der Waals surface area contributed by atoms with Gasteiger partial charge in [-0.1, -0.05) is 68.3 Å². The molecule has 1 heterocycles. The number of benzene rings is 3. The van der Waals surface area contributed by atoms with E-state index in [9.17, 15) is 14.7 Å². The van der Waals surface area contributed by atoms with Crippen molar-refractivity contribution >= 4 is 34.7 Å². The van der Waals surface area contributed by atoms with Crippen LogP contribution in [0.4, 0.5) is 5.69 Å². The predicted octanol–water partition coefficient (Wildman–Crippen LogP) is 7.27.